The van der Waals surface area contributed by atoms with Gasteiger partial charge in [0.2, 0.25) is 5.88 Å². The van der Waals surface area contributed by atoms with Crippen molar-refractivity contribution in [3.05, 3.63) is 64.3 Å². The van der Waals surface area contributed by atoms with Crippen molar-refractivity contribution in [1.82, 2.24) is 24.8 Å². The molecule has 0 saturated carbocycles. The van der Waals surface area contributed by atoms with Crippen LogP contribution in [0.5, 0.6) is 11.6 Å². The van der Waals surface area contributed by atoms with Crippen LogP contribution in [-0.2, 0) is 0 Å². The monoisotopic (exact) mass is 590 g/mol. The smallest absolute Gasteiger partial charge is 0.261 e. The molecule has 0 unspecified atom stereocenters. The summed E-state index contributed by atoms with van der Waals surface area (Å²) in [5, 5.41) is 24.9. The van der Waals surface area contributed by atoms with Crippen LogP contribution in [0.2, 0.25) is 5.02 Å². The summed E-state index contributed by atoms with van der Waals surface area (Å²) in [6, 6.07) is 10.1. The molecule has 12 heteroatoms. The van der Waals surface area contributed by atoms with Crippen LogP contribution in [0.4, 0.5) is 5.69 Å². The Labute approximate surface area is 247 Å². The number of amides is 2. The van der Waals surface area contributed by atoms with Crippen LogP contribution >= 0.6 is 11.6 Å². The molecule has 2 amide bonds. The van der Waals surface area contributed by atoms with Crippen molar-refractivity contribution in [1.29, 1.82) is 0 Å². The lowest BCUT2D eigenvalue weighted by Gasteiger charge is -2.33. The van der Waals surface area contributed by atoms with Gasteiger partial charge in [-0.25, -0.2) is 9.97 Å². The predicted octanol–water partition coefficient (Wildman–Crippen LogP) is 3.83. The molecule has 0 bridgehead atoms. The first kappa shape index (κ1) is 28.0. The zero-order chi connectivity index (χ0) is 29.5. The number of hydrogen-bond donors (Lipinski definition) is 4. The van der Waals surface area contributed by atoms with Crippen molar-refractivity contribution < 1.29 is 24.5 Å². The number of fused-ring (bicyclic) bond motifs is 2. The molecule has 2 aromatic heterocycles. The maximum absolute atomic E-state index is 13.3. The lowest BCUT2D eigenvalue weighted by atomic mass is 10.0. The number of aryl methyl sites for hydroxylation is 1. The predicted molar refractivity (Wildman–Crippen MR) is 158 cm³/mol. The number of carbonyl (C=O) groups is 2. The molecule has 1 saturated heterocycles. The molecule has 4 heterocycles. The lowest BCUT2D eigenvalue weighted by molar-refractivity contribution is 0.0516. The Bertz CT molecular complexity index is 1630. The number of anilines is 1. The largest absolute Gasteiger partial charge is 0.493 e. The number of imidazole rings is 1. The average molecular weight is 591 g/mol. The molecule has 0 radical (unpaired) electrons. The molecule has 0 aliphatic carbocycles. The maximum atomic E-state index is 13.3. The highest BCUT2D eigenvalue weighted by Gasteiger charge is 2.41. The van der Waals surface area contributed by atoms with E-state index in [1.54, 1.807) is 30.3 Å². The number of nitrogens with zero attached hydrogens (tertiary/aromatic N) is 4. The Hall–Kier alpha value is -4.19. The van der Waals surface area contributed by atoms with Gasteiger partial charge < -0.3 is 30.2 Å². The van der Waals surface area contributed by atoms with Crippen molar-refractivity contribution in [2.75, 3.05) is 38.6 Å². The number of likely N-dealkylation sites (tertiary alicyclic amines) is 1. The highest BCUT2D eigenvalue weighted by molar-refractivity contribution is 6.30. The number of aromatic hydroxyl groups is 1. The first-order valence-corrected chi connectivity index (χ1v) is 14.2. The number of H-pyrrole nitrogens is 1. The van der Waals surface area contributed by atoms with E-state index in [1.807, 2.05) is 20.0 Å². The second-order valence-electron chi connectivity index (χ2n) is 10.8. The fourth-order valence-corrected chi connectivity index (χ4v) is 5.66. The quantitative estimate of drug-likeness (QED) is 0.225. The molecule has 218 valence electrons. The summed E-state index contributed by atoms with van der Waals surface area (Å²) in [6.45, 7) is 3.69. The Balaban J connectivity index is 1.20. The van der Waals surface area contributed by atoms with Gasteiger partial charge in [0.1, 0.15) is 29.8 Å². The number of halogens is 1. The number of pyridine rings is 1. The van der Waals surface area contributed by atoms with E-state index in [2.05, 4.69) is 25.2 Å². The number of nitrogens with one attached hydrogen (secondary N) is 2. The molecule has 2 aliphatic heterocycles. The maximum Gasteiger partial charge on any atom is 0.261 e. The summed E-state index contributed by atoms with van der Waals surface area (Å²) in [7, 11) is 2.03. The molecule has 4 N–H and O–H groups in total. The van der Waals surface area contributed by atoms with Gasteiger partial charge in [0, 0.05) is 23.8 Å². The van der Waals surface area contributed by atoms with Gasteiger partial charge in [-0.3, -0.25) is 14.5 Å². The highest BCUT2D eigenvalue weighted by Crippen LogP contribution is 2.36. The fourth-order valence-electron chi connectivity index (χ4n) is 5.50. The molecule has 1 atom stereocenters. The lowest BCUT2D eigenvalue weighted by Crippen LogP contribution is -2.46. The summed E-state index contributed by atoms with van der Waals surface area (Å²) >= 11 is 6.05. The van der Waals surface area contributed by atoms with E-state index in [-0.39, 0.29) is 36.9 Å². The van der Waals surface area contributed by atoms with E-state index >= 15 is 0 Å². The normalized spacial score (nSPS) is 16.7. The van der Waals surface area contributed by atoms with E-state index < -0.39 is 6.10 Å². The van der Waals surface area contributed by atoms with Crippen LogP contribution in [0.1, 0.15) is 39.1 Å². The minimum absolute atomic E-state index is 0.0212. The second kappa shape index (κ2) is 11.2. The van der Waals surface area contributed by atoms with Gasteiger partial charge in [-0.1, -0.05) is 17.7 Å². The van der Waals surface area contributed by atoms with E-state index in [4.69, 9.17) is 16.3 Å². The molecule has 11 nitrogen and oxygen atoms in total. The average Bonchev–Trinajstić information content (AvgIpc) is 3.49. The topological polar surface area (TPSA) is 144 Å². The zero-order valence-corrected chi connectivity index (χ0v) is 24.0. The third-order valence-corrected chi connectivity index (χ3v) is 8.09. The van der Waals surface area contributed by atoms with Gasteiger partial charge in [-0.2, -0.15) is 0 Å². The van der Waals surface area contributed by atoms with Crippen LogP contribution in [0.3, 0.4) is 0 Å². The van der Waals surface area contributed by atoms with Crippen molar-refractivity contribution in [2.45, 2.75) is 31.9 Å². The summed E-state index contributed by atoms with van der Waals surface area (Å²) in [5.74, 6) is 0.0242. The number of imide groups is 1. The van der Waals surface area contributed by atoms with Crippen molar-refractivity contribution >= 4 is 40.1 Å². The van der Waals surface area contributed by atoms with E-state index in [9.17, 15) is 19.8 Å². The Morgan fingerprint density at radius 1 is 1.14 bits per heavy atom. The van der Waals surface area contributed by atoms with Gasteiger partial charge in [0.05, 0.1) is 27.8 Å². The van der Waals surface area contributed by atoms with Crippen LogP contribution in [0.15, 0.2) is 42.6 Å². The number of carbonyl (C=O) groups excluding carboxylic acids is 2. The van der Waals surface area contributed by atoms with Gasteiger partial charge in [-0.15, -0.1) is 0 Å². The summed E-state index contributed by atoms with van der Waals surface area (Å²) < 4.78 is 5.74. The van der Waals surface area contributed by atoms with Gasteiger partial charge in [0.25, 0.3) is 11.8 Å². The van der Waals surface area contributed by atoms with Crippen molar-refractivity contribution in [3.8, 4) is 23.0 Å². The summed E-state index contributed by atoms with van der Waals surface area (Å²) in [4.78, 5) is 42.0. The first-order valence-electron chi connectivity index (χ1n) is 13.8. The summed E-state index contributed by atoms with van der Waals surface area (Å²) in [6.07, 6.45) is 2.05. The number of rotatable bonds is 8. The third kappa shape index (κ3) is 5.26. The van der Waals surface area contributed by atoms with E-state index in [0.717, 1.165) is 31.5 Å². The molecule has 1 fully saturated rings. The van der Waals surface area contributed by atoms with Gasteiger partial charge in [0.15, 0.2) is 0 Å². The molecule has 2 aromatic carbocycles. The van der Waals surface area contributed by atoms with Gasteiger partial charge in [-0.05, 0) is 75.8 Å². The number of aliphatic hydroxyl groups is 1. The van der Waals surface area contributed by atoms with Crippen LogP contribution in [0, 0.1) is 6.92 Å². The number of aliphatic hydroxyl groups excluding tert-OH is 1. The molecular weight excluding hydrogens is 560 g/mol. The highest BCUT2D eigenvalue weighted by atomic mass is 35.5. The SMILES string of the molecule is Cc1ccc(Cl)cc1OC[C@@H](O)CNc1ccnc(O)c1-c1nc2cc3c(cc2[nH]1)C(=O)N(C1CCN(C)CC1)C3=O. The minimum Gasteiger partial charge on any atom is -0.493 e. The fraction of sp³-hybridized carbons (Fsp3) is 0.333. The molecule has 6 rings (SSSR count). The van der Waals surface area contributed by atoms with Crippen molar-refractivity contribution in [2.24, 2.45) is 0 Å². The van der Waals surface area contributed by atoms with Crippen molar-refractivity contribution in [3.63, 3.8) is 0 Å². The third-order valence-electron chi connectivity index (χ3n) is 7.85. The Morgan fingerprint density at radius 3 is 2.64 bits per heavy atom. The number of aromatic amines is 1. The summed E-state index contributed by atoms with van der Waals surface area (Å²) in [5.41, 5.74) is 3.37. The minimum atomic E-state index is -0.880. The zero-order valence-electron chi connectivity index (χ0n) is 23.2. The molecular formula is C30H31ClN6O5. The Morgan fingerprint density at radius 2 is 1.88 bits per heavy atom. The molecule has 2 aliphatic rings. The second-order valence-corrected chi connectivity index (χ2v) is 11.3. The molecule has 42 heavy (non-hydrogen) atoms. The molecule has 4 aromatic rings. The van der Waals surface area contributed by atoms with Gasteiger partial charge >= 0.3 is 0 Å². The van der Waals surface area contributed by atoms with Crippen LogP contribution in [-0.4, -0.2) is 92.2 Å². The van der Waals surface area contributed by atoms with Crippen LogP contribution < -0.4 is 10.1 Å². The standard InChI is InChI=1S/C30H31ClN6O5/c1-16-3-4-17(31)11-25(16)42-15-19(38)14-33-22-5-8-32-28(39)26(22)27-34-23-12-20-21(13-24(23)35-27)30(41)37(29(20)40)18-6-9-36(2)10-7-18/h3-5,8,11-13,18-19,38H,6-7,9-10,14-15H2,1-2H3,(H,34,35)(H2,32,33,39)/t19-/m0/s1. The number of ether oxygens (including phenoxy) is 1. The van der Waals surface area contributed by atoms with E-state index in [0.29, 0.717) is 50.0 Å². The number of benzene rings is 2. The number of piperidine rings is 1. The van der Waals surface area contributed by atoms with E-state index in [1.165, 1.54) is 11.1 Å². The van der Waals surface area contributed by atoms with Crippen LogP contribution in [0.25, 0.3) is 22.4 Å². The Kier molecular flexibility index (Phi) is 7.48. The number of hydrogen-bond acceptors (Lipinski definition) is 9. The number of aromatic nitrogens is 3. The molecule has 0 spiro atoms. The first-order chi connectivity index (χ1) is 20.2.